The lowest BCUT2D eigenvalue weighted by Gasteiger charge is -2.27. The van der Waals surface area contributed by atoms with Crippen molar-refractivity contribution in [2.75, 3.05) is 31.6 Å². The first-order valence-electron chi connectivity index (χ1n) is 10.9. The third-order valence-corrected chi connectivity index (χ3v) is 5.95. The van der Waals surface area contributed by atoms with E-state index in [-0.39, 0.29) is 6.10 Å². The maximum Gasteiger partial charge on any atom is 0.145 e. The number of rotatable bonds is 6. The van der Waals surface area contributed by atoms with E-state index in [1.165, 1.54) is 0 Å². The highest BCUT2D eigenvalue weighted by Gasteiger charge is 2.23. The molecule has 9 heteroatoms. The Morgan fingerprint density at radius 1 is 1.22 bits per heavy atom. The van der Waals surface area contributed by atoms with Gasteiger partial charge in [-0.15, -0.1) is 0 Å². The summed E-state index contributed by atoms with van der Waals surface area (Å²) in [6.07, 6.45) is 8.93. The van der Waals surface area contributed by atoms with Crippen LogP contribution in [0.1, 0.15) is 6.42 Å². The third kappa shape index (κ3) is 3.59. The zero-order chi connectivity index (χ0) is 21.5. The monoisotopic (exact) mass is 431 g/mol. The topological polar surface area (TPSA) is 90.5 Å². The zero-order valence-electron chi connectivity index (χ0n) is 17.9. The van der Waals surface area contributed by atoms with Crippen LogP contribution in [0.2, 0.25) is 0 Å². The molecule has 2 aliphatic heterocycles. The van der Waals surface area contributed by atoms with Gasteiger partial charge in [-0.05, 0) is 25.1 Å². The number of aromatic nitrogens is 5. The average Bonchev–Trinajstić information content (AvgIpc) is 3.51. The molecule has 32 heavy (non-hydrogen) atoms. The van der Waals surface area contributed by atoms with E-state index in [1.54, 1.807) is 4.68 Å². The van der Waals surface area contributed by atoms with Crippen LogP contribution in [-0.2, 0) is 11.8 Å². The molecule has 164 valence electrons. The van der Waals surface area contributed by atoms with Crippen LogP contribution >= 0.6 is 0 Å². The van der Waals surface area contributed by atoms with E-state index in [1.807, 2.05) is 49.9 Å². The van der Waals surface area contributed by atoms with Gasteiger partial charge in [0.15, 0.2) is 0 Å². The highest BCUT2D eigenvalue weighted by molar-refractivity contribution is 5.74. The van der Waals surface area contributed by atoms with Crippen molar-refractivity contribution in [3.05, 3.63) is 49.1 Å². The fraction of sp³-hybridized carbons (Fsp3) is 0.348. The Hall–Kier alpha value is -3.43. The van der Waals surface area contributed by atoms with Gasteiger partial charge < -0.3 is 20.1 Å². The first-order valence-corrected chi connectivity index (χ1v) is 10.9. The Balaban J connectivity index is 1.40. The smallest absolute Gasteiger partial charge is 0.145 e. The van der Waals surface area contributed by atoms with Gasteiger partial charge in [-0.2, -0.15) is 5.10 Å². The lowest BCUT2D eigenvalue weighted by molar-refractivity contribution is -0.0794. The molecule has 0 bridgehead atoms. The van der Waals surface area contributed by atoms with E-state index in [9.17, 15) is 0 Å². The quantitative estimate of drug-likeness (QED) is 0.484. The molecule has 1 atom stereocenters. The van der Waals surface area contributed by atoms with E-state index < -0.39 is 0 Å². The predicted octanol–water partition coefficient (Wildman–Crippen LogP) is 2.35. The van der Waals surface area contributed by atoms with E-state index in [0.717, 1.165) is 59.2 Å². The van der Waals surface area contributed by atoms with Crippen molar-refractivity contribution in [3.63, 3.8) is 0 Å². The lowest BCUT2D eigenvalue weighted by Crippen LogP contribution is -2.38. The summed E-state index contributed by atoms with van der Waals surface area (Å²) in [5.74, 6) is 1.66. The van der Waals surface area contributed by atoms with Crippen LogP contribution in [-0.4, -0.2) is 62.6 Å². The fourth-order valence-corrected chi connectivity index (χ4v) is 4.18. The number of ether oxygens (including phenoxy) is 2. The van der Waals surface area contributed by atoms with Gasteiger partial charge in [0.05, 0.1) is 37.0 Å². The van der Waals surface area contributed by atoms with Crippen LogP contribution in [0.15, 0.2) is 49.1 Å². The number of pyridine rings is 2. The van der Waals surface area contributed by atoms with E-state index in [2.05, 4.69) is 31.3 Å². The van der Waals surface area contributed by atoms with Gasteiger partial charge in [0, 0.05) is 49.2 Å². The summed E-state index contributed by atoms with van der Waals surface area (Å²) in [6, 6.07) is 8.45. The normalized spacial score (nSPS) is 18.7. The van der Waals surface area contributed by atoms with Gasteiger partial charge in [-0.1, -0.05) is 6.07 Å². The molecule has 0 aromatic carbocycles. The average molecular weight is 432 g/mol. The van der Waals surface area contributed by atoms with Crippen molar-refractivity contribution >= 4 is 11.5 Å². The highest BCUT2D eigenvalue weighted by atomic mass is 16.6. The molecule has 4 aromatic heterocycles. The van der Waals surface area contributed by atoms with Crippen LogP contribution in [0.25, 0.3) is 28.2 Å². The van der Waals surface area contributed by atoms with Gasteiger partial charge in [-0.25, -0.2) is 9.97 Å². The molecule has 2 saturated heterocycles. The van der Waals surface area contributed by atoms with Crippen molar-refractivity contribution in [2.45, 2.75) is 18.6 Å². The Morgan fingerprint density at radius 3 is 2.91 bits per heavy atom. The Bertz CT molecular complexity index is 1250. The van der Waals surface area contributed by atoms with Crippen molar-refractivity contribution < 1.29 is 9.47 Å². The second kappa shape index (κ2) is 7.92. The summed E-state index contributed by atoms with van der Waals surface area (Å²) in [4.78, 5) is 9.50. The minimum Gasteiger partial charge on any atom is -0.485 e. The molecular weight excluding hydrogens is 406 g/mol. The molecule has 9 nitrogen and oxygen atoms in total. The van der Waals surface area contributed by atoms with E-state index >= 15 is 0 Å². The van der Waals surface area contributed by atoms with Crippen LogP contribution in [0.4, 0.5) is 5.82 Å². The van der Waals surface area contributed by atoms with E-state index in [0.29, 0.717) is 19.3 Å². The molecule has 2 N–H and O–H groups in total. The van der Waals surface area contributed by atoms with Crippen LogP contribution in [0, 0.1) is 0 Å². The highest BCUT2D eigenvalue weighted by Crippen LogP contribution is 2.34. The third-order valence-electron chi connectivity index (χ3n) is 5.95. The van der Waals surface area contributed by atoms with Crippen molar-refractivity contribution in [2.24, 2.45) is 7.05 Å². The summed E-state index contributed by atoms with van der Waals surface area (Å²) in [5.41, 5.74) is 4.55. The number of hydrogen-bond acceptors (Lipinski definition) is 7. The van der Waals surface area contributed by atoms with Gasteiger partial charge in [0.1, 0.15) is 23.3 Å². The molecule has 6 rings (SSSR count). The Labute approximate surface area is 185 Å². The molecule has 1 unspecified atom stereocenters. The summed E-state index contributed by atoms with van der Waals surface area (Å²) in [6.45, 7) is 3.22. The predicted molar refractivity (Wildman–Crippen MR) is 121 cm³/mol. The molecule has 6 heterocycles. The number of anilines is 1. The molecule has 2 fully saturated rings. The maximum atomic E-state index is 6.21. The Morgan fingerprint density at radius 2 is 2.16 bits per heavy atom. The second-order valence-corrected chi connectivity index (χ2v) is 8.35. The van der Waals surface area contributed by atoms with Crippen LogP contribution < -0.4 is 15.4 Å². The maximum absolute atomic E-state index is 6.21. The van der Waals surface area contributed by atoms with Crippen LogP contribution in [0.3, 0.4) is 0 Å². The largest absolute Gasteiger partial charge is 0.485 e. The molecule has 0 spiro atoms. The number of hydrogen-bond donors (Lipinski definition) is 2. The summed E-state index contributed by atoms with van der Waals surface area (Å²) in [5, 5.41) is 11.2. The standard InChI is InChI=1S/C23H25N7O2/c1-29-11-15(8-26-29)18-12-30-20(10-25-23(30)7-21(18)32-17-13-31-14-17)19-3-2-4-22(28-19)27-16-5-6-24-9-16/h2-4,7-8,10-12,16-17,24H,5-6,9,13-14H2,1H3,(H,27,28). The lowest BCUT2D eigenvalue weighted by atomic mass is 10.1. The number of fused-ring (bicyclic) bond motifs is 1. The molecule has 4 aromatic rings. The number of aryl methyl sites for hydroxylation is 1. The molecule has 0 radical (unpaired) electrons. The summed E-state index contributed by atoms with van der Waals surface area (Å²) < 4.78 is 15.4. The molecule has 0 amide bonds. The molecule has 0 aliphatic carbocycles. The van der Waals surface area contributed by atoms with E-state index in [4.69, 9.17) is 14.5 Å². The molecule has 2 aliphatic rings. The molecule has 0 saturated carbocycles. The first-order chi connectivity index (χ1) is 15.7. The van der Waals surface area contributed by atoms with Gasteiger partial charge >= 0.3 is 0 Å². The van der Waals surface area contributed by atoms with Crippen LogP contribution in [0.5, 0.6) is 5.75 Å². The van der Waals surface area contributed by atoms with Crippen molar-refractivity contribution in [3.8, 4) is 28.3 Å². The first kappa shape index (κ1) is 19.3. The fourth-order valence-electron chi connectivity index (χ4n) is 4.18. The minimum absolute atomic E-state index is 0.0665. The SMILES string of the molecule is Cn1cc(-c2cn3c(-c4cccc(NC5CCNC5)n4)cnc3cc2OC2COC2)cn1. The number of nitrogens with one attached hydrogen (secondary N) is 2. The minimum atomic E-state index is 0.0665. The summed E-state index contributed by atoms with van der Waals surface area (Å²) in [7, 11) is 1.91. The second-order valence-electron chi connectivity index (χ2n) is 8.35. The van der Waals surface area contributed by atoms with Gasteiger partial charge in [0.25, 0.3) is 0 Å². The zero-order valence-corrected chi connectivity index (χ0v) is 17.9. The summed E-state index contributed by atoms with van der Waals surface area (Å²) >= 11 is 0. The number of nitrogens with zero attached hydrogens (tertiary/aromatic N) is 5. The molecular formula is C23H25N7O2. The number of imidazole rings is 1. The van der Waals surface area contributed by atoms with Gasteiger partial charge in [0.2, 0.25) is 0 Å². The van der Waals surface area contributed by atoms with Crippen molar-refractivity contribution in [1.82, 2.24) is 29.5 Å². The Kier molecular flexibility index (Phi) is 4.77. The van der Waals surface area contributed by atoms with Gasteiger partial charge in [-0.3, -0.25) is 9.08 Å². The van der Waals surface area contributed by atoms with Crippen molar-refractivity contribution in [1.29, 1.82) is 0 Å².